The molecule has 0 saturated carbocycles. The molecule has 36 heavy (non-hydrogen) atoms. The van der Waals surface area contributed by atoms with Crippen LogP contribution in [0.2, 0.25) is 0 Å². The van der Waals surface area contributed by atoms with Gasteiger partial charge in [0.2, 0.25) is 0 Å². The van der Waals surface area contributed by atoms with Crippen LogP contribution in [0.15, 0.2) is 78.3 Å². The van der Waals surface area contributed by atoms with Gasteiger partial charge >= 0.3 is 6.18 Å². The number of aryl methyl sites for hydroxylation is 1. The molecule has 0 aliphatic rings. The lowest BCUT2D eigenvalue weighted by Crippen LogP contribution is -2.20. The summed E-state index contributed by atoms with van der Waals surface area (Å²) in [7, 11) is 0. The SMILES string of the molecule is Cc1cccc(C(=O)Nc2cccc(OCCNCc3nccs3)c2)c1-c1ccc(C(F)(F)F)cc1. The number of anilines is 1. The van der Waals surface area contributed by atoms with E-state index in [2.05, 4.69) is 15.6 Å². The van der Waals surface area contributed by atoms with Gasteiger partial charge in [-0.05, 0) is 53.9 Å². The van der Waals surface area contributed by atoms with Gasteiger partial charge < -0.3 is 15.4 Å². The van der Waals surface area contributed by atoms with Crippen LogP contribution in [0.3, 0.4) is 0 Å². The minimum Gasteiger partial charge on any atom is -0.492 e. The first kappa shape index (κ1) is 25.4. The number of hydrogen-bond acceptors (Lipinski definition) is 5. The number of benzene rings is 3. The van der Waals surface area contributed by atoms with Crippen molar-refractivity contribution in [3.05, 3.63) is 100 Å². The van der Waals surface area contributed by atoms with Crippen LogP contribution in [0.1, 0.15) is 26.5 Å². The number of amides is 1. The number of rotatable bonds is 9. The van der Waals surface area contributed by atoms with Gasteiger partial charge in [0, 0.05) is 42.0 Å². The summed E-state index contributed by atoms with van der Waals surface area (Å²) < 4.78 is 44.7. The molecule has 3 aromatic carbocycles. The zero-order valence-corrected chi connectivity index (χ0v) is 20.2. The standard InChI is InChI=1S/C27H24F3N3O2S/c1-18-4-2-7-23(25(18)19-8-10-20(11-9-19)27(28,29)30)26(34)33-21-5-3-6-22(16-21)35-14-12-31-17-24-32-13-15-36-24/h2-11,13,15-16,31H,12,14,17H2,1H3,(H,33,34). The number of hydrogen-bond donors (Lipinski definition) is 2. The van der Waals surface area contributed by atoms with Gasteiger partial charge in [0.05, 0.1) is 5.56 Å². The molecule has 0 unspecified atom stereocenters. The van der Waals surface area contributed by atoms with Crippen LogP contribution in [-0.4, -0.2) is 24.0 Å². The maximum absolute atomic E-state index is 13.2. The molecule has 9 heteroatoms. The van der Waals surface area contributed by atoms with Gasteiger partial charge in [-0.2, -0.15) is 13.2 Å². The first-order valence-electron chi connectivity index (χ1n) is 11.2. The number of thiazole rings is 1. The Balaban J connectivity index is 1.42. The second kappa shape index (κ2) is 11.4. The van der Waals surface area contributed by atoms with E-state index in [1.807, 2.05) is 18.4 Å². The average molecular weight is 512 g/mol. The number of halogens is 3. The third kappa shape index (κ3) is 6.50. The Bertz CT molecular complexity index is 1310. The Morgan fingerprint density at radius 3 is 2.56 bits per heavy atom. The van der Waals surface area contributed by atoms with Crippen molar-refractivity contribution in [1.82, 2.24) is 10.3 Å². The Morgan fingerprint density at radius 1 is 1.06 bits per heavy atom. The normalized spacial score (nSPS) is 11.3. The van der Waals surface area contributed by atoms with Gasteiger partial charge in [-0.1, -0.05) is 30.3 Å². The summed E-state index contributed by atoms with van der Waals surface area (Å²) >= 11 is 1.59. The number of ether oxygens (including phenoxy) is 1. The third-order valence-corrected chi connectivity index (χ3v) is 6.20. The molecule has 4 rings (SSSR count). The molecule has 0 radical (unpaired) electrons. The maximum atomic E-state index is 13.2. The number of nitrogens with one attached hydrogen (secondary N) is 2. The summed E-state index contributed by atoms with van der Waals surface area (Å²) in [5.41, 5.74) is 2.09. The van der Waals surface area contributed by atoms with E-state index in [4.69, 9.17) is 4.74 Å². The summed E-state index contributed by atoms with van der Waals surface area (Å²) in [6.45, 7) is 3.57. The van der Waals surface area contributed by atoms with Gasteiger partial charge in [0.15, 0.2) is 0 Å². The van der Waals surface area contributed by atoms with Crippen LogP contribution in [-0.2, 0) is 12.7 Å². The summed E-state index contributed by atoms with van der Waals surface area (Å²) in [4.78, 5) is 17.4. The smallest absolute Gasteiger partial charge is 0.416 e. The van der Waals surface area contributed by atoms with Crippen molar-refractivity contribution in [2.24, 2.45) is 0 Å². The molecule has 4 aromatic rings. The lowest BCUT2D eigenvalue weighted by molar-refractivity contribution is -0.137. The van der Waals surface area contributed by atoms with Gasteiger partial charge in [-0.25, -0.2) is 4.98 Å². The molecule has 0 aliphatic carbocycles. The van der Waals surface area contributed by atoms with E-state index in [9.17, 15) is 18.0 Å². The summed E-state index contributed by atoms with van der Waals surface area (Å²) in [6.07, 6.45) is -2.66. The van der Waals surface area contributed by atoms with E-state index < -0.39 is 11.7 Å². The zero-order chi connectivity index (χ0) is 25.5. The molecule has 0 bridgehead atoms. The van der Waals surface area contributed by atoms with E-state index in [-0.39, 0.29) is 5.91 Å². The molecule has 0 spiro atoms. The number of aromatic nitrogens is 1. The number of alkyl halides is 3. The highest BCUT2D eigenvalue weighted by Crippen LogP contribution is 2.33. The first-order chi connectivity index (χ1) is 17.3. The quantitative estimate of drug-likeness (QED) is 0.250. The van der Waals surface area contributed by atoms with Crippen molar-refractivity contribution >= 4 is 22.9 Å². The van der Waals surface area contributed by atoms with Crippen molar-refractivity contribution in [1.29, 1.82) is 0 Å². The molecule has 0 fully saturated rings. The second-order valence-electron chi connectivity index (χ2n) is 8.01. The summed E-state index contributed by atoms with van der Waals surface area (Å²) in [6, 6.07) is 17.1. The fourth-order valence-corrected chi connectivity index (χ4v) is 4.29. The average Bonchev–Trinajstić information content (AvgIpc) is 3.37. The minimum atomic E-state index is -4.42. The number of carbonyl (C=O) groups is 1. The molecule has 5 nitrogen and oxygen atoms in total. The van der Waals surface area contributed by atoms with Crippen LogP contribution in [0.5, 0.6) is 5.75 Å². The highest BCUT2D eigenvalue weighted by atomic mass is 32.1. The van der Waals surface area contributed by atoms with Gasteiger partial charge in [0.1, 0.15) is 17.4 Å². The molecule has 186 valence electrons. The second-order valence-corrected chi connectivity index (χ2v) is 8.98. The first-order valence-corrected chi connectivity index (χ1v) is 12.1. The van der Waals surface area contributed by atoms with Crippen LogP contribution in [0.4, 0.5) is 18.9 Å². The molecular weight excluding hydrogens is 487 g/mol. The van der Waals surface area contributed by atoms with Gasteiger partial charge in [-0.3, -0.25) is 4.79 Å². The van der Waals surface area contributed by atoms with E-state index >= 15 is 0 Å². The van der Waals surface area contributed by atoms with E-state index in [0.29, 0.717) is 47.8 Å². The Hall–Kier alpha value is -3.69. The zero-order valence-electron chi connectivity index (χ0n) is 19.4. The predicted octanol–water partition coefficient (Wildman–Crippen LogP) is 6.56. The topological polar surface area (TPSA) is 63.2 Å². The molecule has 1 heterocycles. The monoisotopic (exact) mass is 511 g/mol. The van der Waals surface area contributed by atoms with E-state index in [0.717, 1.165) is 22.7 Å². The van der Waals surface area contributed by atoms with Crippen molar-refractivity contribution < 1.29 is 22.7 Å². The summed E-state index contributed by atoms with van der Waals surface area (Å²) in [5, 5.41) is 9.06. The lowest BCUT2D eigenvalue weighted by Gasteiger charge is -2.15. The predicted molar refractivity (Wildman–Crippen MR) is 135 cm³/mol. The molecule has 2 N–H and O–H groups in total. The number of carbonyl (C=O) groups excluding carboxylic acids is 1. The minimum absolute atomic E-state index is 0.365. The fourth-order valence-electron chi connectivity index (χ4n) is 3.70. The lowest BCUT2D eigenvalue weighted by atomic mass is 9.94. The van der Waals surface area contributed by atoms with Gasteiger partial charge in [-0.15, -0.1) is 11.3 Å². The van der Waals surface area contributed by atoms with Crippen molar-refractivity contribution in [3.8, 4) is 16.9 Å². The van der Waals surface area contributed by atoms with Gasteiger partial charge in [0.25, 0.3) is 5.91 Å². The highest BCUT2D eigenvalue weighted by molar-refractivity contribution is 7.09. The number of nitrogens with zero attached hydrogens (tertiary/aromatic N) is 1. The molecule has 1 aromatic heterocycles. The highest BCUT2D eigenvalue weighted by Gasteiger charge is 2.30. The van der Waals surface area contributed by atoms with Crippen LogP contribution >= 0.6 is 11.3 Å². The fraction of sp³-hybridized carbons (Fsp3) is 0.185. The van der Waals surface area contributed by atoms with E-state index in [1.54, 1.807) is 53.9 Å². The largest absolute Gasteiger partial charge is 0.492 e. The van der Waals surface area contributed by atoms with Crippen molar-refractivity contribution in [2.45, 2.75) is 19.6 Å². The van der Waals surface area contributed by atoms with E-state index in [1.165, 1.54) is 12.1 Å². The molecule has 1 amide bonds. The van der Waals surface area contributed by atoms with Crippen LogP contribution in [0, 0.1) is 6.92 Å². The molecule has 0 atom stereocenters. The van der Waals surface area contributed by atoms with Crippen LogP contribution in [0.25, 0.3) is 11.1 Å². The van der Waals surface area contributed by atoms with Crippen molar-refractivity contribution in [3.63, 3.8) is 0 Å². The molecular formula is C27H24F3N3O2S. The van der Waals surface area contributed by atoms with Crippen LogP contribution < -0.4 is 15.4 Å². The third-order valence-electron chi connectivity index (χ3n) is 5.42. The Morgan fingerprint density at radius 2 is 1.83 bits per heavy atom. The Labute approximate surface area is 211 Å². The summed E-state index contributed by atoms with van der Waals surface area (Å²) in [5.74, 6) is 0.243. The molecule has 0 aliphatic heterocycles. The maximum Gasteiger partial charge on any atom is 0.416 e. The Kier molecular flexibility index (Phi) is 8.02. The molecule has 0 saturated heterocycles. The van der Waals surface area contributed by atoms with Crippen molar-refractivity contribution in [2.75, 3.05) is 18.5 Å².